The van der Waals surface area contributed by atoms with Crippen LogP contribution in [0.2, 0.25) is 0 Å². The lowest BCUT2D eigenvalue weighted by atomic mass is 10.2. The number of pyridine rings is 1. The number of amides is 1. The number of sulfonamides is 1. The van der Waals surface area contributed by atoms with Gasteiger partial charge in [0.05, 0.1) is 24.7 Å². The summed E-state index contributed by atoms with van der Waals surface area (Å²) in [7, 11) is -3.74. The van der Waals surface area contributed by atoms with E-state index in [0.29, 0.717) is 30.2 Å². The Morgan fingerprint density at radius 1 is 1.30 bits per heavy atom. The molecule has 1 saturated heterocycles. The highest BCUT2D eigenvalue weighted by Crippen LogP contribution is 2.27. The first kappa shape index (κ1) is 22.7. The van der Waals surface area contributed by atoms with Crippen molar-refractivity contribution in [1.29, 1.82) is 0 Å². The Kier molecular flexibility index (Phi) is 7.81. The van der Waals surface area contributed by atoms with Gasteiger partial charge >= 0.3 is 0 Å². The summed E-state index contributed by atoms with van der Waals surface area (Å²) in [6.45, 7) is 4.02. The largest absolute Gasteiger partial charge is 0.477 e. The molecule has 30 heavy (non-hydrogen) atoms. The molecule has 1 aliphatic heterocycles. The van der Waals surface area contributed by atoms with Crippen LogP contribution in [0.15, 0.2) is 45.9 Å². The van der Waals surface area contributed by atoms with Crippen molar-refractivity contribution in [3.05, 3.63) is 52.1 Å². The highest BCUT2D eigenvalue weighted by Gasteiger charge is 2.29. The molecule has 0 radical (unpaired) electrons. The number of benzene rings is 1. The number of carbonyl (C=O) groups is 1. The first-order valence-corrected chi connectivity index (χ1v) is 11.9. The third-order valence-corrected chi connectivity index (χ3v) is 7.41. The molecule has 8 nitrogen and oxygen atoms in total. The van der Waals surface area contributed by atoms with Crippen molar-refractivity contribution in [3.63, 3.8) is 0 Å². The van der Waals surface area contributed by atoms with Crippen LogP contribution < -0.4 is 10.1 Å². The van der Waals surface area contributed by atoms with E-state index in [-0.39, 0.29) is 36.0 Å². The van der Waals surface area contributed by atoms with Crippen LogP contribution in [0, 0.1) is 0 Å². The van der Waals surface area contributed by atoms with Crippen molar-refractivity contribution < 1.29 is 22.7 Å². The Balaban J connectivity index is 1.75. The zero-order valence-corrected chi connectivity index (χ0v) is 19.0. The average Bonchev–Trinajstić information content (AvgIpc) is 2.77. The fourth-order valence-electron chi connectivity index (χ4n) is 2.93. The highest BCUT2D eigenvalue weighted by molar-refractivity contribution is 9.10. The minimum atomic E-state index is -3.74. The lowest BCUT2D eigenvalue weighted by molar-refractivity contribution is 0.0730. The maximum Gasteiger partial charge on any atom is 0.251 e. The van der Waals surface area contributed by atoms with Gasteiger partial charge in [0.25, 0.3) is 5.91 Å². The van der Waals surface area contributed by atoms with Crippen molar-refractivity contribution in [2.45, 2.75) is 24.8 Å². The Morgan fingerprint density at radius 3 is 2.80 bits per heavy atom. The number of ether oxygens (including phenoxy) is 2. The Labute approximate surface area is 184 Å². The molecule has 2 aromatic rings. The minimum Gasteiger partial charge on any atom is -0.477 e. The summed E-state index contributed by atoms with van der Waals surface area (Å²) >= 11 is 3.30. The molecule has 1 amide bonds. The molecule has 0 bridgehead atoms. The third kappa shape index (κ3) is 5.37. The van der Waals surface area contributed by atoms with E-state index in [1.807, 2.05) is 13.0 Å². The van der Waals surface area contributed by atoms with Gasteiger partial charge in [-0.05, 0) is 46.6 Å². The summed E-state index contributed by atoms with van der Waals surface area (Å²) < 4.78 is 38.6. The fourth-order valence-corrected chi connectivity index (χ4v) is 5.29. The molecule has 1 fully saturated rings. The Hall–Kier alpha value is -2.01. The second-order valence-corrected chi connectivity index (χ2v) is 9.42. The van der Waals surface area contributed by atoms with Crippen LogP contribution in [-0.2, 0) is 21.3 Å². The standard InChI is InChI=1S/C20H24BrN3O5S/c1-2-10-29-20-16(4-3-7-22-20)14-23-19(25)15-5-6-17(21)18(13-15)30(26,27)24-8-11-28-12-9-24/h3-7,13H,2,8-12,14H2,1H3,(H,23,25). The van der Waals surface area contributed by atoms with Crippen LogP contribution in [0.4, 0.5) is 0 Å². The highest BCUT2D eigenvalue weighted by atomic mass is 79.9. The van der Waals surface area contributed by atoms with E-state index in [1.165, 1.54) is 10.4 Å². The quantitative estimate of drug-likeness (QED) is 0.601. The fraction of sp³-hybridized carbons (Fsp3) is 0.400. The summed E-state index contributed by atoms with van der Waals surface area (Å²) in [5.41, 5.74) is 1.00. The van der Waals surface area contributed by atoms with Gasteiger partial charge in [-0.3, -0.25) is 4.79 Å². The van der Waals surface area contributed by atoms with E-state index in [9.17, 15) is 13.2 Å². The molecular formula is C20H24BrN3O5S. The lowest BCUT2D eigenvalue weighted by Crippen LogP contribution is -2.40. The zero-order valence-electron chi connectivity index (χ0n) is 16.6. The molecule has 1 aliphatic rings. The summed E-state index contributed by atoms with van der Waals surface area (Å²) in [6.07, 6.45) is 2.48. The second kappa shape index (κ2) is 10.3. The Bertz CT molecular complexity index is 994. The van der Waals surface area contributed by atoms with Gasteiger partial charge < -0.3 is 14.8 Å². The topological polar surface area (TPSA) is 97.8 Å². The monoisotopic (exact) mass is 497 g/mol. The maximum absolute atomic E-state index is 13.0. The molecule has 2 heterocycles. The van der Waals surface area contributed by atoms with Crippen LogP contribution in [0.3, 0.4) is 0 Å². The molecule has 0 aliphatic carbocycles. The predicted molar refractivity (Wildman–Crippen MR) is 115 cm³/mol. The average molecular weight is 498 g/mol. The van der Waals surface area contributed by atoms with Gasteiger partial charge in [0.15, 0.2) is 0 Å². The van der Waals surface area contributed by atoms with Gasteiger partial charge in [0, 0.05) is 41.4 Å². The normalized spacial score (nSPS) is 15.0. The summed E-state index contributed by atoms with van der Waals surface area (Å²) in [6, 6.07) is 8.14. The molecule has 1 aromatic heterocycles. The Morgan fingerprint density at radius 2 is 2.07 bits per heavy atom. The molecule has 0 atom stereocenters. The summed E-state index contributed by atoms with van der Waals surface area (Å²) in [5, 5.41) is 2.81. The zero-order chi connectivity index (χ0) is 21.6. The number of hydrogen-bond acceptors (Lipinski definition) is 6. The van der Waals surface area contributed by atoms with Gasteiger partial charge in [-0.2, -0.15) is 4.31 Å². The van der Waals surface area contributed by atoms with Gasteiger partial charge in [-0.1, -0.05) is 13.0 Å². The number of aromatic nitrogens is 1. The predicted octanol–water partition coefficient (Wildman–Crippen LogP) is 2.58. The van der Waals surface area contributed by atoms with E-state index < -0.39 is 10.0 Å². The van der Waals surface area contributed by atoms with Crippen LogP contribution in [-0.4, -0.2) is 56.5 Å². The van der Waals surface area contributed by atoms with Crippen molar-refractivity contribution in [3.8, 4) is 5.88 Å². The number of nitrogens with zero attached hydrogens (tertiary/aromatic N) is 2. The van der Waals surface area contributed by atoms with Crippen LogP contribution in [0.25, 0.3) is 0 Å². The van der Waals surface area contributed by atoms with Crippen molar-refractivity contribution in [1.82, 2.24) is 14.6 Å². The molecule has 0 saturated carbocycles. The van der Waals surface area contributed by atoms with E-state index in [2.05, 4.69) is 26.2 Å². The number of rotatable bonds is 8. The number of halogens is 1. The van der Waals surface area contributed by atoms with E-state index in [0.717, 1.165) is 12.0 Å². The number of nitrogens with one attached hydrogen (secondary N) is 1. The van der Waals surface area contributed by atoms with Gasteiger partial charge in [-0.15, -0.1) is 0 Å². The number of hydrogen-bond donors (Lipinski definition) is 1. The summed E-state index contributed by atoms with van der Waals surface area (Å²) in [4.78, 5) is 17.0. The lowest BCUT2D eigenvalue weighted by Gasteiger charge is -2.26. The molecule has 1 aromatic carbocycles. The first-order valence-electron chi connectivity index (χ1n) is 9.66. The SMILES string of the molecule is CCCOc1ncccc1CNC(=O)c1ccc(Br)c(S(=O)(=O)N2CCOCC2)c1. The van der Waals surface area contributed by atoms with Crippen LogP contribution >= 0.6 is 15.9 Å². The van der Waals surface area contributed by atoms with E-state index >= 15 is 0 Å². The third-order valence-electron chi connectivity index (χ3n) is 4.51. The van der Waals surface area contributed by atoms with Crippen molar-refractivity contribution in [2.24, 2.45) is 0 Å². The van der Waals surface area contributed by atoms with Crippen molar-refractivity contribution in [2.75, 3.05) is 32.9 Å². The molecule has 162 valence electrons. The maximum atomic E-state index is 13.0. The number of morpholine rings is 1. The van der Waals surface area contributed by atoms with Crippen LogP contribution in [0.1, 0.15) is 29.3 Å². The molecule has 0 spiro atoms. The molecule has 1 N–H and O–H groups in total. The molecule has 3 rings (SSSR count). The van der Waals surface area contributed by atoms with Gasteiger partial charge in [0.2, 0.25) is 15.9 Å². The van der Waals surface area contributed by atoms with Crippen LogP contribution in [0.5, 0.6) is 5.88 Å². The summed E-state index contributed by atoms with van der Waals surface area (Å²) in [5.74, 6) is 0.0947. The van der Waals surface area contributed by atoms with Crippen molar-refractivity contribution >= 4 is 31.9 Å². The smallest absolute Gasteiger partial charge is 0.251 e. The first-order chi connectivity index (χ1) is 14.4. The minimum absolute atomic E-state index is 0.0606. The van der Waals surface area contributed by atoms with E-state index in [1.54, 1.807) is 24.4 Å². The van der Waals surface area contributed by atoms with Gasteiger partial charge in [0.1, 0.15) is 0 Å². The van der Waals surface area contributed by atoms with Gasteiger partial charge in [-0.25, -0.2) is 13.4 Å². The number of carbonyl (C=O) groups excluding carboxylic acids is 1. The van der Waals surface area contributed by atoms with E-state index in [4.69, 9.17) is 9.47 Å². The second-order valence-electron chi connectivity index (χ2n) is 6.66. The molecule has 10 heteroatoms. The molecular weight excluding hydrogens is 474 g/mol. The molecule has 0 unspecified atom stereocenters.